The lowest BCUT2D eigenvalue weighted by Crippen LogP contribution is -2.06. The molecular formula is C10H14ClNO2. The molecule has 0 amide bonds. The van der Waals surface area contributed by atoms with Crippen LogP contribution in [0.1, 0.15) is 21.5 Å². The molecule has 0 spiro atoms. The molecule has 14 heavy (non-hydrogen) atoms. The molecule has 0 aliphatic carbocycles. The van der Waals surface area contributed by atoms with Crippen LogP contribution in [0.15, 0.2) is 12.1 Å². The lowest BCUT2D eigenvalue weighted by atomic mass is 10.0. The number of benzene rings is 1. The van der Waals surface area contributed by atoms with E-state index in [1.54, 1.807) is 6.07 Å². The zero-order chi connectivity index (χ0) is 10.0. The first kappa shape index (κ1) is 12.8. The van der Waals surface area contributed by atoms with Gasteiger partial charge < -0.3 is 10.5 Å². The largest absolute Gasteiger partial charge is 0.465 e. The van der Waals surface area contributed by atoms with Crippen LogP contribution in [-0.4, -0.2) is 13.1 Å². The first-order valence-corrected chi connectivity index (χ1v) is 4.01. The summed E-state index contributed by atoms with van der Waals surface area (Å²) in [5.74, 6) is -0.340. The van der Waals surface area contributed by atoms with Crippen LogP contribution in [0.25, 0.3) is 0 Å². The summed E-state index contributed by atoms with van der Waals surface area (Å²) in [4.78, 5) is 11.3. The van der Waals surface area contributed by atoms with Crippen LogP contribution in [0.3, 0.4) is 0 Å². The van der Waals surface area contributed by atoms with E-state index in [0.717, 1.165) is 11.1 Å². The first-order chi connectivity index (χ1) is 6.06. The van der Waals surface area contributed by atoms with Gasteiger partial charge in [0.25, 0.3) is 0 Å². The number of halogens is 1. The van der Waals surface area contributed by atoms with E-state index in [2.05, 4.69) is 4.74 Å². The van der Waals surface area contributed by atoms with E-state index in [0.29, 0.717) is 11.3 Å². The third-order valence-corrected chi connectivity index (χ3v) is 2.09. The second-order valence-corrected chi connectivity index (χ2v) is 3.00. The predicted molar refractivity (Wildman–Crippen MR) is 58.9 cm³/mol. The molecule has 0 bridgehead atoms. The van der Waals surface area contributed by atoms with Gasteiger partial charge in [0.05, 0.1) is 12.7 Å². The van der Waals surface area contributed by atoms with Crippen molar-refractivity contribution in [2.45, 2.75) is 13.8 Å². The highest BCUT2D eigenvalue weighted by Crippen LogP contribution is 2.18. The number of rotatable bonds is 1. The minimum absolute atomic E-state index is 0. The summed E-state index contributed by atoms with van der Waals surface area (Å²) in [7, 11) is 1.36. The Morgan fingerprint density at radius 2 is 1.93 bits per heavy atom. The van der Waals surface area contributed by atoms with Gasteiger partial charge in [-0.25, -0.2) is 4.79 Å². The summed E-state index contributed by atoms with van der Waals surface area (Å²) in [6.07, 6.45) is 0. The summed E-state index contributed by atoms with van der Waals surface area (Å²) < 4.78 is 4.63. The maximum absolute atomic E-state index is 11.3. The van der Waals surface area contributed by atoms with Crippen LogP contribution in [0.4, 0.5) is 5.69 Å². The molecule has 0 aromatic heterocycles. The Labute approximate surface area is 89.7 Å². The Morgan fingerprint density at radius 3 is 2.43 bits per heavy atom. The van der Waals surface area contributed by atoms with Crippen molar-refractivity contribution in [3.8, 4) is 0 Å². The van der Waals surface area contributed by atoms with Gasteiger partial charge in [0, 0.05) is 5.69 Å². The van der Waals surface area contributed by atoms with Crippen molar-refractivity contribution >= 4 is 24.1 Å². The van der Waals surface area contributed by atoms with Gasteiger partial charge in [-0.05, 0) is 37.1 Å². The molecule has 0 fully saturated rings. The first-order valence-electron chi connectivity index (χ1n) is 4.01. The fourth-order valence-electron chi connectivity index (χ4n) is 1.21. The van der Waals surface area contributed by atoms with Gasteiger partial charge in [-0.2, -0.15) is 0 Å². The fourth-order valence-corrected chi connectivity index (χ4v) is 1.21. The van der Waals surface area contributed by atoms with Crippen molar-refractivity contribution in [2.24, 2.45) is 0 Å². The van der Waals surface area contributed by atoms with Crippen LogP contribution in [0.2, 0.25) is 0 Å². The van der Waals surface area contributed by atoms with Crippen LogP contribution in [0, 0.1) is 13.8 Å². The highest BCUT2D eigenvalue weighted by atomic mass is 35.5. The molecule has 0 atom stereocenters. The normalized spacial score (nSPS) is 9.07. The minimum Gasteiger partial charge on any atom is -0.465 e. The topological polar surface area (TPSA) is 52.3 Å². The fraction of sp³-hybridized carbons (Fsp3) is 0.300. The number of anilines is 1. The smallest absolute Gasteiger partial charge is 0.338 e. The summed E-state index contributed by atoms with van der Waals surface area (Å²) in [6, 6.07) is 3.47. The number of hydrogen-bond donors (Lipinski definition) is 1. The van der Waals surface area contributed by atoms with Crippen LogP contribution in [0.5, 0.6) is 0 Å². The highest BCUT2D eigenvalue weighted by Gasteiger charge is 2.10. The van der Waals surface area contributed by atoms with Gasteiger partial charge in [0.2, 0.25) is 0 Å². The third-order valence-electron chi connectivity index (χ3n) is 2.09. The van der Waals surface area contributed by atoms with Crippen LogP contribution >= 0.6 is 12.4 Å². The summed E-state index contributed by atoms with van der Waals surface area (Å²) in [6.45, 7) is 3.79. The molecule has 1 rings (SSSR count). The molecule has 0 heterocycles. The van der Waals surface area contributed by atoms with E-state index in [-0.39, 0.29) is 18.4 Å². The number of methoxy groups -OCH3 is 1. The van der Waals surface area contributed by atoms with E-state index in [1.807, 2.05) is 19.9 Å². The Hall–Kier alpha value is -1.22. The number of nitrogen functional groups attached to an aromatic ring is 1. The van der Waals surface area contributed by atoms with Gasteiger partial charge in [0.15, 0.2) is 0 Å². The molecule has 0 aliphatic rings. The number of ether oxygens (including phenoxy) is 1. The average molecular weight is 216 g/mol. The van der Waals surface area contributed by atoms with Crippen molar-refractivity contribution in [2.75, 3.05) is 12.8 Å². The minimum atomic E-state index is -0.340. The molecule has 78 valence electrons. The second-order valence-electron chi connectivity index (χ2n) is 3.00. The maximum atomic E-state index is 11.3. The zero-order valence-electron chi connectivity index (χ0n) is 8.46. The summed E-state index contributed by atoms with van der Waals surface area (Å²) >= 11 is 0. The van der Waals surface area contributed by atoms with Crippen LogP contribution < -0.4 is 5.73 Å². The van der Waals surface area contributed by atoms with E-state index in [1.165, 1.54) is 7.11 Å². The SMILES string of the molecule is COC(=O)c1cc(N)cc(C)c1C.Cl. The van der Waals surface area contributed by atoms with Crippen molar-refractivity contribution in [1.82, 2.24) is 0 Å². The summed E-state index contributed by atoms with van der Waals surface area (Å²) in [5.41, 5.74) is 8.66. The molecule has 1 aromatic carbocycles. The van der Waals surface area contributed by atoms with Gasteiger partial charge in [-0.15, -0.1) is 12.4 Å². The number of nitrogens with two attached hydrogens (primary N) is 1. The van der Waals surface area contributed by atoms with Crippen molar-refractivity contribution in [3.05, 3.63) is 28.8 Å². The quantitative estimate of drug-likeness (QED) is 0.577. The van der Waals surface area contributed by atoms with Gasteiger partial charge in [-0.3, -0.25) is 0 Å². The average Bonchev–Trinajstić information content (AvgIpc) is 2.10. The number of aryl methyl sites for hydroxylation is 1. The van der Waals surface area contributed by atoms with E-state index >= 15 is 0 Å². The Kier molecular flexibility index (Phi) is 4.44. The second kappa shape index (κ2) is 4.86. The predicted octanol–water partition coefficient (Wildman–Crippen LogP) is 2.09. The molecule has 0 saturated carbocycles. The number of carbonyl (C=O) groups excluding carboxylic acids is 1. The van der Waals surface area contributed by atoms with E-state index in [4.69, 9.17) is 5.73 Å². The van der Waals surface area contributed by atoms with E-state index < -0.39 is 0 Å². The van der Waals surface area contributed by atoms with Gasteiger partial charge in [-0.1, -0.05) is 0 Å². The van der Waals surface area contributed by atoms with Gasteiger partial charge in [0.1, 0.15) is 0 Å². The molecule has 0 saturated heterocycles. The van der Waals surface area contributed by atoms with Crippen molar-refractivity contribution in [1.29, 1.82) is 0 Å². The Morgan fingerprint density at radius 1 is 1.36 bits per heavy atom. The molecule has 4 heteroatoms. The highest BCUT2D eigenvalue weighted by molar-refractivity contribution is 5.92. The maximum Gasteiger partial charge on any atom is 0.338 e. The molecule has 0 unspecified atom stereocenters. The molecular weight excluding hydrogens is 202 g/mol. The standard InChI is InChI=1S/C10H13NO2.ClH/c1-6-4-8(11)5-9(7(6)2)10(12)13-3;/h4-5H,11H2,1-3H3;1H. The van der Waals surface area contributed by atoms with Crippen LogP contribution in [-0.2, 0) is 4.74 Å². The lowest BCUT2D eigenvalue weighted by Gasteiger charge is -2.07. The number of esters is 1. The third kappa shape index (κ3) is 2.39. The molecule has 0 radical (unpaired) electrons. The number of hydrogen-bond acceptors (Lipinski definition) is 3. The van der Waals surface area contributed by atoms with E-state index in [9.17, 15) is 4.79 Å². The molecule has 1 aromatic rings. The van der Waals surface area contributed by atoms with Crippen molar-refractivity contribution in [3.63, 3.8) is 0 Å². The van der Waals surface area contributed by atoms with Crippen molar-refractivity contribution < 1.29 is 9.53 Å². The zero-order valence-corrected chi connectivity index (χ0v) is 9.27. The Bertz CT molecular complexity index is 350. The Balaban J connectivity index is 0.00000169. The van der Waals surface area contributed by atoms with Gasteiger partial charge >= 0.3 is 5.97 Å². The molecule has 3 nitrogen and oxygen atoms in total. The lowest BCUT2D eigenvalue weighted by molar-refractivity contribution is 0.0600. The molecule has 2 N–H and O–H groups in total. The number of carbonyl (C=O) groups is 1. The summed E-state index contributed by atoms with van der Waals surface area (Å²) in [5, 5.41) is 0. The monoisotopic (exact) mass is 215 g/mol. The molecule has 0 aliphatic heterocycles.